The topological polar surface area (TPSA) is 65.4 Å². The van der Waals surface area contributed by atoms with E-state index in [2.05, 4.69) is 16.4 Å². The summed E-state index contributed by atoms with van der Waals surface area (Å²) in [6.07, 6.45) is 0.771. The van der Waals surface area contributed by atoms with Gasteiger partial charge in [-0.2, -0.15) is 0 Å². The largest absolute Gasteiger partial charge is 0.497 e. The van der Waals surface area contributed by atoms with E-state index in [-0.39, 0.29) is 12.7 Å². The van der Waals surface area contributed by atoms with Gasteiger partial charge < -0.3 is 24.6 Å². The quantitative estimate of drug-likeness (QED) is 0.606. The van der Waals surface area contributed by atoms with E-state index in [1.165, 1.54) is 0 Å². The number of rotatable bonds is 10. The zero-order valence-electron chi connectivity index (χ0n) is 16.9. The van der Waals surface area contributed by atoms with Crippen molar-refractivity contribution in [1.82, 2.24) is 9.80 Å². The van der Waals surface area contributed by atoms with E-state index >= 15 is 0 Å². The molecule has 1 saturated heterocycles. The standard InChI is InChI=1S/C21H34N2O4/c1-16(2)12-22(3)13-17-11-20(26-4)5-6-21(17)27-15-19(25)14-23-9-7-18(24)8-10-23/h5-6,11,18-19,24-25H,1,7-10,12-15H2,2-4H3/t19-/m1/s1. The van der Waals surface area contributed by atoms with E-state index in [0.717, 1.165) is 55.1 Å². The van der Waals surface area contributed by atoms with Gasteiger partial charge in [-0.15, -0.1) is 0 Å². The smallest absolute Gasteiger partial charge is 0.124 e. The summed E-state index contributed by atoms with van der Waals surface area (Å²) in [5, 5.41) is 19.9. The average molecular weight is 379 g/mol. The normalized spacial score (nSPS) is 17.1. The number of hydrogen-bond donors (Lipinski definition) is 2. The molecule has 0 radical (unpaired) electrons. The van der Waals surface area contributed by atoms with Crippen LogP contribution in [0.5, 0.6) is 11.5 Å². The fraction of sp³-hybridized carbons (Fsp3) is 0.619. The second kappa shape index (κ2) is 10.7. The van der Waals surface area contributed by atoms with E-state index in [4.69, 9.17) is 9.47 Å². The van der Waals surface area contributed by atoms with Gasteiger partial charge in [-0.1, -0.05) is 12.2 Å². The van der Waals surface area contributed by atoms with E-state index in [9.17, 15) is 10.2 Å². The Hall–Kier alpha value is -1.60. The molecule has 1 heterocycles. The zero-order chi connectivity index (χ0) is 19.8. The van der Waals surface area contributed by atoms with Crippen LogP contribution in [0.1, 0.15) is 25.3 Å². The Kier molecular flexibility index (Phi) is 8.57. The van der Waals surface area contributed by atoms with Crippen molar-refractivity contribution in [2.45, 2.75) is 38.5 Å². The molecule has 0 saturated carbocycles. The molecule has 1 fully saturated rings. The summed E-state index contributed by atoms with van der Waals surface area (Å²) >= 11 is 0. The molecular weight excluding hydrogens is 344 g/mol. The molecule has 0 aromatic heterocycles. The van der Waals surface area contributed by atoms with Crippen molar-refractivity contribution in [2.75, 3.05) is 46.9 Å². The lowest BCUT2D eigenvalue weighted by molar-refractivity contribution is 0.0335. The summed E-state index contributed by atoms with van der Waals surface area (Å²) in [5.41, 5.74) is 2.12. The molecule has 6 heteroatoms. The first-order valence-electron chi connectivity index (χ1n) is 9.58. The van der Waals surface area contributed by atoms with Gasteiger partial charge in [0.25, 0.3) is 0 Å². The number of aliphatic hydroxyl groups excluding tert-OH is 2. The van der Waals surface area contributed by atoms with Crippen molar-refractivity contribution in [1.29, 1.82) is 0 Å². The number of β-amino-alcohol motifs (C(OH)–C–C–N with tert-alkyl or cyclic N) is 1. The first-order valence-corrected chi connectivity index (χ1v) is 9.58. The molecule has 0 unspecified atom stereocenters. The van der Waals surface area contributed by atoms with Gasteiger partial charge in [0.15, 0.2) is 0 Å². The number of aliphatic hydroxyl groups is 2. The highest BCUT2D eigenvalue weighted by Crippen LogP contribution is 2.26. The Morgan fingerprint density at radius 3 is 2.70 bits per heavy atom. The van der Waals surface area contributed by atoms with Crippen LogP contribution in [-0.4, -0.2) is 79.2 Å². The van der Waals surface area contributed by atoms with Gasteiger partial charge in [0, 0.05) is 38.3 Å². The second-order valence-electron chi connectivity index (χ2n) is 7.60. The molecule has 1 aliphatic rings. The number of likely N-dealkylation sites (tertiary alicyclic amines) is 1. The summed E-state index contributed by atoms with van der Waals surface area (Å²) < 4.78 is 11.3. The van der Waals surface area contributed by atoms with Gasteiger partial charge in [0.05, 0.1) is 13.2 Å². The van der Waals surface area contributed by atoms with Gasteiger partial charge in [0.2, 0.25) is 0 Å². The molecule has 1 aliphatic heterocycles. The molecule has 1 aromatic rings. The molecule has 0 bridgehead atoms. The maximum Gasteiger partial charge on any atom is 0.124 e. The molecule has 1 aromatic carbocycles. The first kappa shape index (κ1) is 21.7. The summed E-state index contributed by atoms with van der Waals surface area (Å²) in [5.74, 6) is 1.55. The summed E-state index contributed by atoms with van der Waals surface area (Å²) in [6.45, 7) is 9.92. The van der Waals surface area contributed by atoms with Gasteiger partial charge in [0.1, 0.15) is 24.2 Å². The number of hydrogen-bond acceptors (Lipinski definition) is 6. The summed E-state index contributed by atoms with van der Waals surface area (Å²) in [6, 6.07) is 5.74. The fourth-order valence-electron chi connectivity index (χ4n) is 3.39. The van der Waals surface area contributed by atoms with Crippen molar-refractivity contribution in [2.24, 2.45) is 0 Å². The van der Waals surface area contributed by atoms with Crippen molar-refractivity contribution in [3.05, 3.63) is 35.9 Å². The second-order valence-corrected chi connectivity index (χ2v) is 7.60. The monoisotopic (exact) mass is 378 g/mol. The van der Waals surface area contributed by atoms with Crippen LogP contribution in [0, 0.1) is 0 Å². The van der Waals surface area contributed by atoms with Crippen LogP contribution in [0.3, 0.4) is 0 Å². The molecular formula is C21H34N2O4. The van der Waals surface area contributed by atoms with Crippen molar-refractivity contribution >= 4 is 0 Å². The van der Waals surface area contributed by atoms with E-state index < -0.39 is 6.10 Å². The molecule has 152 valence electrons. The highest BCUT2D eigenvalue weighted by Gasteiger charge is 2.20. The van der Waals surface area contributed by atoms with Gasteiger partial charge in [-0.3, -0.25) is 4.90 Å². The van der Waals surface area contributed by atoms with Crippen LogP contribution >= 0.6 is 0 Å². The average Bonchev–Trinajstić information content (AvgIpc) is 2.61. The van der Waals surface area contributed by atoms with E-state index in [0.29, 0.717) is 13.1 Å². The number of piperidine rings is 1. The molecule has 0 aliphatic carbocycles. The summed E-state index contributed by atoms with van der Waals surface area (Å²) in [7, 11) is 3.69. The maximum atomic E-state index is 10.3. The highest BCUT2D eigenvalue weighted by molar-refractivity contribution is 5.40. The SMILES string of the molecule is C=C(C)CN(C)Cc1cc(OC)ccc1OC[C@H](O)CN1CCC(O)CC1. The lowest BCUT2D eigenvalue weighted by Gasteiger charge is -2.31. The van der Waals surface area contributed by atoms with Crippen LogP contribution in [0.2, 0.25) is 0 Å². The van der Waals surface area contributed by atoms with Crippen molar-refractivity contribution < 1.29 is 19.7 Å². The Bertz CT molecular complexity index is 600. The molecule has 0 spiro atoms. The minimum Gasteiger partial charge on any atom is -0.497 e. The minimum absolute atomic E-state index is 0.201. The van der Waals surface area contributed by atoms with Gasteiger partial charge >= 0.3 is 0 Å². The number of methoxy groups -OCH3 is 1. The van der Waals surface area contributed by atoms with Crippen LogP contribution in [0.25, 0.3) is 0 Å². The third-order valence-corrected chi connectivity index (χ3v) is 4.71. The molecule has 1 atom stereocenters. The number of benzene rings is 1. The van der Waals surface area contributed by atoms with Crippen molar-refractivity contribution in [3.8, 4) is 11.5 Å². The first-order chi connectivity index (χ1) is 12.9. The predicted octanol–water partition coefficient (Wildman–Crippen LogP) is 1.90. The molecule has 2 rings (SSSR count). The third kappa shape index (κ3) is 7.50. The fourth-order valence-corrected chi connectivity index (χ4v) is 3.39. The Morgan fingerprint density at radius 1 is 1.37 bits per heavy atom. The minimum atomic E-state index is -0.566. The highest BCUT2D eigenvalue weighted by atomic mass is 16.5. The van der Waals surface area contributed by atoms with Crippen LogP contribution in [0.15, 0.2) is 30.4 Å². The molecule has 2 N–H and O–H groups in total. The Labute approximate surface area is 163 Å². The molecule has 6 nitrogen and oxygen atoms in total. The molecule has 27 heavy (non-hydrogen) atoms. The third-order valence-electron chi connectivity index (χ3n) is 4.71. The number of nitrogens with zero attached hydrogens (tertiary/aromatic N) is 2. The summed E-state index contributed by atoms with van der Waals surface area (Å²) in [4.78, 5) is 4.34. The molecule has 0 amide bonds. The van der Waals surface area contributed by atoms with Gasteiger partial charge in [-0.05, 0) is 45.0 Å². The zero-order valence-corrected chi connectivity index (χ0v) is 16.9. The van der Waals surface area contributed by atoms with Crippen LogP contribution < -0.4 is 9.47 Å². The van der Waals surface area contributed by atoms with Gasteiger partial charge in [-0.25, -0.2) is 0 Å². The Balaban J connectivity index is 1.92. The van der Waals surface area contributed by atoms with Crippen LogP contribution in [0.4, 0.5) is 0 Å². The number of ether oxygens (including phenoxy) is 2. The Morgan fingerprint density at radius 2 is 2.07 bits per heavy atom. The lowest BCUT2D eigenvalue weighted by Crippen LogP contribution is -2.41. The van der Waals surface area contributed by atoms with E-state index in [1.807, 2.05) is 32.2 Å². The van der Waals surface area contributed by atoms with E-state index in [1.54, 1.807) is 7.11 Å². The predicted molar refractivity (Wildman–Crippen MR) is 107 cm³/mol. The lowest BCUT2D eigenvalue weighted by atomic mass is 10.1. The maximum absolute atomic E-state index is 10.3. The van der Waals surface area contributed by atoms with Crippen molar-refractivity contribution in [3.63, 3.8) is 0 Å². The van der Waals surface area contributed by atoms with Crippen LogP contribution in [-0.2, 0) is 6.54 Å². The number of likely N-dealkylation sites (N-methyl/N-ethyl adjacent to an activating group) is 1.